The first-order chi connectivity index (χ1) is 8.90. The van der Waals surface area contributed by atoms with Crippen molar-refractivity contribution in [2.75, 3.05) is 5.73 Å². The highest BCUT2D eigenvalue weighted by molar-refractivity contribution is 7.89. The smallest absolute Gasteiger partial charge is 0.241 e. The molecule has 1 aromatic heterocycles. The number of nitrogens with one attached hydrogen (secondary N) is 2. The monoisotopic (exact) mass is 284 g/mol. The molecule has 0 radical (unpaired) electrons. The number of aromatic nitrogens is 2. The van der Waals surface area contributed by atoms with Crippen molar-refractivity contribution >= 4 is 15.7 Å². The van der Waals surface area contributed by atoms with E-state index in [1.807, 2.05) is 0 Å². The van der Waals surface area contributed by atoms with Gasteiger partial charge in [0.25, 0.3) is 0 Å². The lowest BCUT2D eigenvalue weighted by Gasteiger charge is -2.08. The molecule has 0 bridgehead atoms. The van der Waals surface area contributed by atoms with Crippen LogP contribution < -0.4 is 10.5 Å². The summed E-state index contributed by atoms with van der Waals surface area (Å²) in [6.07, 6.45) is 3.08. The number of hydrogen-bond donors (Lipinski definition) is 3. The maximum absolute atomic E-state index is 13.5. The number of hydrogen-bond acceptors (Lipinski definition) is 4. The second kappa shape index (κ2) is 4.98. The maximum Gasteiger partial charge on any atom is 0.241 e. The lowest BCUT2D eigenvalue weighted by molar-refractivity contribution is 0.575. The molecule has 4 N–H and O–H groups in total. The fourth-order valence-electron chi connectivity index (χ4n) is 1.47. The first-order valence-corrected chi connectivity index (χ1v) is 6.92. The average Bonchev–Trinajstić information content (AvgIpc) is 2.86. The zero-order valence-corrected chi connectivity index (χ0v) is 11.0. The average molecular weight is 284 g/mol. The molecular formula is C11H13FN4O2S. The molecule has 0 saturated heterocycles. The third-order valence-electron chi connectivity index (χ3n) is 2.65. The molecule has 0 saturated carbocycles. The molecular weight excluding hydrogens is 271 g/mol. The minimum atomic E-state index is -3.83. The molecule has 0 unspecified atom stereocenters. The van der Waals surface area contributed by atoms with Gasteiger partial charge < -0.3 is 10.7 Å². The van der Waals surface area contributed by atoms with Crippen molar-refractivity contribution < 1.29 is 12.8 Å². The van der Waals surface area contributed by atoms with Crippen molar-refractivity contribution in [2.24, 2.45) is 0 Å². The minimum absolute atomic E-state index is 0.00919. The van der Waals surface area contributed by atoms with Gasteiger partial charge in [0.05, 0.1) is 11.4 Å². The van der Waals surface area contributed by atoms with Crippen LogP contribution in [0.4, 0.5) is 10.1 Å². The number of rotatable bonds is 4. The third kappa shape index (κ3) is 2.91. The van der Waals surface area contributed by atoms with Crippen molar-refractivity contribution in [1.29, 1.82) is 0 Å². The molecule has 0 fully saturated rings. The zero-order valence-electron chi connectivity index (χ0n) is 10.1. The molecule has 0 atom stereocenters. The van der Waals surface area contributed by atoms with Crippen molar-refractivity contribution in [2.45, 2.75) is 18.4 Å². The topological polar surface area (TPSA) is 101 Å². The molecule has 0 aliphatic heterocycles. The van der Waals surface area contributed by atoms with E-state index in [9.17, 15) is 12.8 Å². The number of imidazole rings is 1. The van der Waals surface area contributed by atoms with Crippen LogP contribution in [-0.2, 0) is 16.6 Å². The van der Waals surface area contributed by atoms with Crippen molar-refractivity contribution in [1.82, 2.24) is 14.7 Å². The summed E-state index contributed by atoms with van der Waals surface area (Å²) in [4.78, 5) is 6.43. The van der Waals surface area contributed by atoms with Gasteiger partial charge in [-0.05, 0) is 19.1 Å². The van der Waals surface area contributed by atoms with E-state index in [0.717, 1.165) is 6.07 Å². The number of nitrogens with zero attached hydrogens (tertiary/aromatic N) is 1. The summed E-state index contributed by atoms with van der Waals surface area (Å²) in [5.74, 6) is -0.192. The van der Waals surface area contributed by atoms with Gasteiger partial charge in [0.2, 0.25) is 10.0 Å². The first kappa shape index (κ1) is 13.5. The Hall–Kier alpha value is -1.93. The number of nitrogens with two attached hydrogens (primary N) is 1. The van der Waals surface area contributed by atoms with E-state index in [-0.39, 0.29) is 22.7 Å². The lowest BCUT2D eigenvalue weighted by atomic mass is 10.2. The van der Waals surface area contributed by atoms with E-state index in [1.54, 1.807) is 6.20 Å². The van der Waals surface area contributed by atoms with Crippen LogP contribution >= 0.6 is 0 Å². The fraction of sp³-hybridized carbons (Fsp3) is 0.182. The van der Waals surface area contributed by atoms with Gasteiger partial charge in [-0.25, -0.2) is 22.5 Å². The lowest BCUT2D eigenvalue weighted by Crippen LogP contribution is -2.24. The van der Waals surface area contributed by atoms with Crippen LogP contribution in [0.1, 0.15) is 11.4 Å². The highest BCUT2D eigenvalue weighted by atomic mass is 32.2. The van der Waals surface area contributed by atoms with E-state index in [0.29, 0.717) is 5.82 Å². The zero-order chi connectivity index (χ0) is 14.0. The summed E-state index contributed by atoms with van der Waals surface area (Å²) in [5.41, 5.74) is 5.88. The number of nitrogen functional groups attached to an aromatic ring is 1. The summed E-state index contributed by atoms with van der Waals surface area (Å²) < 4.78 is 39.7. The Balaban J connectivity index is 2.24. The standard InChI is InChI=1S/C11H13FN4O2S/c1-7-9(12)4-8(5-10(7)13)19(17,18)16-6-11-14-2-3-15-11/h2-5,16H,6,13H2,1H3,(H,14,15). The van der Waals surface area contributed by atoms with Crippen molar-refractivity contribution in [3.63, 3.8) is 0 Å². The number of H-pyrrole nitrogens is 1. The Morgan fingerprint density at radius 2 is 2.21 bits per heavy atom. The normalized spacial score (nSPS) is 11.7. The molecule has 1 aromatic carbocycles. The highest BCUT2D eigenvalue weighted by Gasteiger charge is 2.17. The van der Waals surface area contributed by atoms with Crippen LogP contribution in [0.25, 0.3) is 0 Å². The third-order valence-corrected chi connectivity index (χ3v) is 4.03. The Morgan fingerprint density at radius 3 is 2.79 bits per heavy atom. The van der Waals surface area contributed by atoms with E-state index < -0.39 is 15.8 Å². The van der Waals surface area contributed by atoms with Crippen molar-refractivity contribution in [3.8, 4) is 0 Å². The number of aromatic amines is 1. The first-order valence-electron chi connectivity index (χ1n) is 5.43. The molecule has 2 aromatic rings. The Kier molecular flexibility index (Phi) is 3.54. The van der Waals surface area contributed by atoms with Crippen LogP contribution in [-0.4, -0.2) is 18.4 Å². The SMILES string of the molecule is Cc1c(N)cc(S(=O)(=O)NCc2ncc[nH]2)cc1F. The van der Waals surface area contributed by atoms with Crippen LogP contribution in [0.15, 0.2) is 29.4 Å². The van der Waals surface area contributed by atoms with Gasteiger partial charge in [0.15, 0.2) is 0 Å². The number of anilines is 1. The largest absolute Gasteiger partial charge is 0.398 e. The number of sulfonamides is 1. The van der Waals surface area contributed by atoms with Gasteiger partial charge in [-0.3, -0.25) is 0 Å². The van der Waals surface area contributed by atoms with Gasteiger partial charge in [-0.2, -0.15) is 0 Å². The second-order valence-electron chi connectivity index (χ2n) is 3.98. The Labute approximate surface area is 109 Å². The molecule has 0 aliphatic rings. The van der Waals surface area contributed by atoms with Gasteiger partial charge in [-0.15, -0.1) is 0 Å². The summed E-state index contributed by atoms with van der Waals surface area (Å²) in [5, 5.41) is 0. The summed E-state index contributed by atoms with van der Waals surface area (Å²) >= 11 is 0. The Morgan fingerprint density at radius 1 is 1.47 bits per heavy atom. The van der Waals surface area contributed by atoms with Gasteiger partial charge in [0, 0.05) is 23.6 Å². The predicted molar refractivity (Wildman–Crippen MR) is 68.2 cm³/mol. The van der Waals surface area contributed by atoms with E-state index >= 15 is 0 Å². The van der Waals surface area contributed by atoms with Gasteiger partial charge in [0.1, 0.15) is 11.6 Å². The highest BCUT2D eigenvalue weighted by Crippen LogP contribution is 2.20. The number of benzene rings is 1. The van der Waals surface area contributed by atoms with E-state index in [2.05, 4.69) is 14.7 Å². The van der Waals surface area contributed by atoms with Gasteiger partial charge >= 0.3 is 0 Å². The Bertz CT molecular complexity index is 660. The van der Waals surface area contributed by atoms with Crippen LogP contribution in [0.2, 0.25) is 0 Å². The molecule has 6 nitrogen and oxygen atoms in total. The molecule has 19 heavy (non-hydrogen) atoms. The fourth-order valence-corrected chi connectivity index (χ4v) is 2.50. The molecule has 102 valence electrons. The molecule has 2 rings (SSSR count). The van der Waals surface area contributed by atoms with Crippen molar-refractivity contribution in [3.05, 3.63) is 41.7 Å². The van der Waals surface area contributed by atoms with Gasteiger partial charge in [-0.1, -0.05) is 0 Å². The molecule has 0 amide bonds. The van der Waals surface area contributed by atoms with E-state index in [1.165, 1.54) is 19.2 Å². The predicted octanol–water partition coefficient (Wildman–Crippen LogP) is 0.918. The van der Waals surface area contributed by atoms with Crippen LogP contribution in [0.5, 0.6) is 0 Å². The molecule has 0 aliphatic carbocycles. The maximum atomic E-state index is 13.5. The molecule has 0 spiro atoms. The summed E-state index contributed by atoms with van der Waals surface area (Å²) in [6.45, 7) is 1.47. The number of halogens is 1. The van der Waals surface area contributed by atoms with Crippen LogP contribution in [0, 0.1) is 12.7 Å². The second-order valence-corrected chi connectivity index (χ2v) is 5.75. The summed E-state index contributed by atoms with van der Waals surface area (Å²) in [7, 11) is -3.83. The molecule has 8 heteroatoms. The van der Waals surface area contributed by atoms with Crippen LogP contribution in [0.3, 0.4) is 0 Å². The minimum Gasteiger partial charge on any atom is -0.398 e. The molecule has 1 heterocycles. The van der Waals surface area contributed by atoms with E-state index in [4.69, 9.17) is 5.73 Å². The quantitative estimate of drug-likeness (QED) is 0.727. The summed E-state index contributed by atoms with van der Waals surface area (Å²) in [6, 6.07) is 2.17.